The number of hydrogen-bond acceptors (Lipinski definition) is 4. The molecule has 0 aromatic heterocycles. The van der Waals surface area contributed by atoms with Gasteiger partial charge in [0.1, 0.15) is 0 Å². The summed E-state index contributed by atoms with van der Waals surface area (Å²) in [5.41, 5.74) is 0.189. The Morgan fingerprint density at radius 1 is 1.04 bits per heavy atom. The van der Waals surface area contributed by atoms with Gasteiger partial charge in [0, 0.05) is 12.0 Å². The lowest BCUT2D eigenvalue weighted by atomic mass is 9.90. The number of carbonyl (C=O) groups is 2. The highest BCUT2D eigenvalue weighted by molar-refractivity contribution is 5.98. The molecule has 1 heterocycles. The lowest BCUT2D eigenvalue weighted by Crippen LogP contribution is -2.62. The molecule has 2 aromatic rings. The van der Waals surface area contributed by atoms with Crippen molar-refractivity contribution in [1.29, 1.82) is 0 Å². The first-order chi connectivity index (χ1) is 11.2. The normalized spacial score (nSPS) is 20.6. The fourth-order valence-corrected chi connectivity index (χ4v) is 2.59. The van der Waals surface area contributed by atoms with Crippen molar-refractivity contribution in [2.75, 3.05) is 13.4 Å². The van der Waals surface area contributed by atoms with Gasteiger partial charge >= 0.3 is 5.97 Å². The minimum absolute atomic E-state index is 0.0826. The maximum Gasteiger partial charge on any atom is 0.336 e. The maximum absolute atomic E-state index is 12.5. The summed E-state index contributed by atoms with van der Waals surface area (Å²) in [5, 5.41) is 2.81. The molecule has 0 bridgehead atoms. The van der Waals surface area contributed by atoms with Crippen molar-refractivity contribution in [1.82, 2.24) is 5.32 Å². The van der Waals surface area contributed by atoms with E-state index in [0.717, 1.165) is 5.56 Å². The largest absolute Gasteiger partial charge is 0.437 e. The summed E-state index contributed by atoms with van der Waals surface area (Å²) in [5.74, 6) is -0.805. The van der Waals surface area contributed by atoms with Gasteiger partial charge in [-0.1, -0.05) is 48.5 Å². The summed E-state index contributed by atoms with van der Waals surface area (Å²) in [7, 11) is 0. The Labute approximate surface area is 134 Å². The predicted molar refractivity (Wildman–Crippen MR) is 83.7 cm³/mol. The van der Waals surface area contributed by atoms with Crippen LogP contribution in [0.5, 0.6) is 0 Å². The molecule has 118 valence electrons. The fraction of sp³-hybridized carbons (Fsp3) is 0.222. The van der Waals surface area contributed by atoms with Crippen LogP contribution in [-0.4, -0.2) is 30.8 Å². The second-order valence-electron chi connectivity index (χ2n) is 5.46. The monoisotopic (exact) mass is 311 g/mol. The minimum atomic E-state index is -1.22. The van der Waals surface area contributed by atoms with Crippen LogP contribution in [0.25, 0.3) is 0 Å². The summed E-state index contributed by atoms with van der Waals surface area (Å²) in [4.78, 5) is 24.8. The van der Waals surface area contributed by atoms with Crippen LogP contribution in [-0.2, 0) is 20.7 Å². The molecule has 1 aliphatic rings. The van der Waals surface area contributed by atoms with Gasteiger partial charge in [-0.25, -0.2) is 4.79 Å². The molecule has 2 aromatic carbocycles. The van der Waals surface area contributed by atoms with E-state index in [0.29, 0.717) is 12.0 Å². The lowest BCUT2D eigenvalue weighted by molar-refractivity contribution is -0.184. The van der Waals surface area contributed by atoms with Crippen LogP contribution < -0.4 is 5.32 Å². The van der Waals surface area contributed by atoms with Crippen LogP contribution in [0.2, 0.25) is 0 Å². The van der Waals surface area contributed by atoms with Crippen molar-refractivity contribution in [2.45, 2.75) is 12.0 Å². The third kappa shape index (κ3) is 3.40. The number of nitrogens with one attached hydrogen (secondary N) is 1. The molecule has 0 aliphatic carbocycles. The summed E-state index contributed by atoms with van der Waals surface area (Å²) in [6.45, 7) is -0.00409. The van der Waals surface area contributed by atoms with Crippen LogP contribution in [0.4, 0.5) is 0 Å². The molecular formula is C18H17NO4. The van der Waals surface area contributed by atoms with Crippen molar-refractivity contribution >= 4 is 11.9 Å². The van der Waals surface area contributed by atoms with E-state index in [1.807, 2.05) is 36.4 Å². The average molecular weight is 311 g/mol. The molecule has 1 atom stereocenters. The van der Waals surface area contributed by atoms with E-state index in [9.17, 15) is 9.59 Å². The molecule has 1 saturated heterocycles. The van der Waals surface area contributed by atoms with Crippen molar-refractivity contribution in [3.05, 3.63) is 71.8 Å². The molecule has 5 nitrogen and oxygen atoms in total. The van der Waals surface area contributed by atoms with Crippen molar-refractivity contribution in [3.63, 3.8) is 0 Å². The number of ether oxygens (including phenoxy) is 2. The van der Waals surface area contributed by atoms with Gasteiger partial charge in [-0.05, 0) is 17.7 Å². The maximum atomic E-state index is 12.5. The number of benzene rings is 2. The summed E-state index contributed by atoms with van der Waals surface area (Å²) < 4.78 is 10.3. The first-order valence-corrected chi connectivity index (χ1v) is 7.36. The summed E-state index contributed by atoms with van der Waals surface area (Å²) >= 11 is 0. The van der Waals surface area contributed by atoms with E-state index >= 15 is 0 Å². The Hall–Kier alpha value is -2.66. The van der Waals surface area contributed by atoms with Crippen molar-refractivity contribution in [3.8, 4) is 0 Å². The van der Waals surface area contributed by atoms with E-state index in [4.69, 9.17) is 9.47 Å². The quantitative estimate of drug-likeness (QED) is 0.876. The lowest BCUT2D eigenvalue weighted by Gasteiger charge is -2.35. The second kappa shape index (κ2) is 6.62. The standard InChI is InChI=1S/C18H17NO4/c20-16(15-9-5-2-6-10-15)19-18(12-22-13-23-17(18)21)11-14-7-3-1-4-8-14/h1-10H,11-13H2,(H,19,20)/t18-/m1/s1. The third-order valence-electron chi connectivity index (χ3n) is 3.75. The molecule has 0 spiro atoms. The first-order valence-electron chi connectivity index (χ1n) is 7.36. The van der Waals surface area contributed by atoms with E-state index in [2.05, 4.69) is 5.32 Å². The molecule has 0 saturated carbocycles. The van der Waals surface area contributed by atoms with Gasteiger partial charge in [-0.3, -0.25) is 4.79 Å². The van der Waals surface area contributed by atoms with E-state index in [-0.39, 0.29) is 19.3 Å². The molecule has 5 heteroatoms. The van der Waals surface area contributed by atoms with Crippen LogP contribution in [0.3, 0.4) is 0 Å². The zero-order chi connectivity index (χ0) is 16.1. The van der Waals surface area contributed by atoms with Crippen molar-refractivity contribution < 1.29 is 19.1 Å². The third-order valence-corrected chi connectivity index (χ3v) is 3.75. The fourth-order valence-electron chi connectivity index (χ4n) is 2.59. The Balaban J connectivity index is 1.86. The van der Waals surface area contributed by atoms with Gasteiger partial charge in [0.25, 0.3) is 5.91 Å². The highest BCUT2D eigenvalue weighted by Crippen LogP contribution is 2.21. The molecule has 1 aliphatic heterocycles. The Bertz CT molecular complexity index is 687. The SMILES string of the molecule is O=C(N[C@]1(Cc2ccccc2)COCOC1=O)c1ccccc1. The number of amides is 1. The van der Waals surface area contributed by atoms with Crippen LogP contribution in [0.1, 0.15) is 15.9 Å². The average Bonchev–Trinajstić information content (AvgIpc) is 2.59. The van der Waals surface area contributed by atoms with Gasteiger partial charge in [0.15, 0.2) is 12.3 Å². The number of esters is 1. The van der Waals surface area contributed by atoms with E-state index < -0.39 is 11.5 Å². The molecule has 0 unspecified atom stereocenters. The van der Waals surface area contributed by atoms with Gasteiger partial charge < -0.3 is 14.8 Å². The minimum Gasteiger partial charge on any atom is -0.437 e. The van der Waals surface area contributed by atoms with Crippen LogP contribution in [0.15, 0.2) is 60.7 Å². The number of hydrogen-bond donors (Lipinski definition) is 1. The molecule has 1 N–H and O–H groups in total. The van der Waals surface area contributed by atoms with Gasteiger partial charge in [-0.2, -0.15) is 0 Å². The molecular weight excluding hydrogens is 294 g/mol. The zero-order valence-corrected chi connectivity index (χ0v) is 12.5. The zero-order valence-electron chi connectivity index (χ0n) is 12.5. The Morgan fingerprint density at radius 2 is 1.70 bits per heavy atom. The molecule has 23 heavy (non-hydrogen) atoms. The second-order valence-corrected chi connectivity index (χ2v) is 5.46. The van der Waals surface area contributed by atoms with E-state index in [1.165, 1.54) is 0 Å². The van der Waals surface area contributed by atoms with Crippen LogP contribution in [0, 0.1) is 0 Å². The van der Waals surface area contributed by atoms with Gasteiger partial charge in [0.05, 0.1) is 6.61 Å². The Morgan fingerprint density at radius 3 is 2.35 bits per heavy atom. The molecule has 0 radical (unpaired) electrons. The predicted octanol–water partition coefficient (Wildman–Crippen LogP) is 1.93. The molecule has 1 fully saturated rings. The number of cyclic esters (lactones) is 1. The number of carbonyl (C=O) groups excluding carboxylic acids is 2. The summed E-state index contributed by atoms with van der Waals surface area (Å²) in [6.07, 6.45) is 0.311. The number of rotatable bonds is 4. The van der Waals surface area contributed by atoms with Crippen molar-refractivity contribution in [2.24, 2.45) is 0 Å². The van der Waals surface area contributed by atoms with Gasteiger partial charge in [0.2, 0.25) is 0 Å². The summed E-state index contributed by atoms with van der Waals surface area (Å²) in [6, 6.07) is 18.2. The highest BCUT2D eigenvalue weighted by atomic mass is 16.7. The Kier molecular flexibility index (Phi) is 4.39. The van der Waals surface area contributed by atoms with Crippen LogP contribution >= 0.6 is 0 Å². The highest BCUT2D eigenvalue weighted by Gasteiger charge is 2.44. The van der Waals surface area contributed by atoms with E-state index in [1.54, 1.807) is 24.3 Å². The molecule has 3 rings (SSSR count). The van der Waals surface area contributed by atoms with Gasteiger partial charge in [-0.15, -0.1) is 0 Å². The first kappa shape index (κ1) is 15.2. The smallest absolute Gasteiger partial charge is 0.336 e. The molecule has 1 amide bonds. The topological polar surface area (TPSA) is 64.6 Å².